The van der Waals surface area contributed by atoms with E-state index in [2.05, 4.69) is 5.32 Å². The molecule has 0 saturated heterocycles. The smallest absolute Gasteiger partial charge is 0.309 e. The van der Waals surface area contributed by atoms with Gasteiger partial charge in [-0.15, -0.1) is 0 Å². The van der Waals surface area contributed by atoms with Crippen molar-refractivity contribution in [3.05, 3.63) is 0 Å². The highest BCUT2D eigenvalue weighted by molar-refractivity contribution is 5.46. The molecule has 0 aliphatic carbocycles. The Morgan fingerprint density at radius 3 is 2.60 bits per heavy atom. The van der Waals surface area contributed by atoms with Crippen molar-refractivity contribution < 1.29 is 4.79 Å². The molecule has 0 fully saturated rings. The molecule has 0 heterocycles. The molecular weight excluding hydrogens is 66.0 g/mol. The maximum absolute atomic E-state index is 9.17. The second kappa shape index (κ2) is 3.47. The fourth-order valence-electron chi connectivity index (χ4n) is 0.0722. The normalized spacial score (nSPS) is 6.60. The van der Waals surface area contributed by atoms with Gasteiger partial charge in [0.2, 0.25) is 0 Å². The van der Waals surface area contributed by atoms with Crippen LogP contribution in [0.15, 0.2) is 0 Å². The molecule has 0 aromatic carbocycles. The molecule has 0 aliphatic rings. The fourth-order valence-corrected chi connectivity index (χ4v) is 0.0722. The van der Waals surface area contributed by atoms with E-state index in [4.69, 9.17) is 4.79 Å². The molecule has 0 saturated carbocycles. The number of rotatable bonds is 2. The first-order valence-corrected chi connectivity index (χ1v) is 1.51. The van der Waals surface area contributed by atoms with Gasteiger partial charge in [0.1, 0.15) is 0 Å². The Morgan fingerprint density at radius 2 is 2.60 bits per heavy atom. The van der Waals surface area contributed by atoms with E-state index in [9.17, 15) is 0 Å². The molecule has 5 heavy (non-hydrogen) atoms. The van der Waals surface area contributed by atoms with Gasteiger partial charge in [0, 0.05) is 6.54 Å². The number of carbonyl (C=O) groups excluding carboxylic acids is 1. The minimum atomic E-state index is 0.670. The van der Waals surface area contributed by atoms with Gasteiger partial charge in [0.25, 0.3) is 0 Å². The van der Waals surface area contributed by atoms with Crippen molar-refractivity contribution in [2.24, 2.45) is 0 Å². The van der Waals surface area contributed by atoms with Crippen LogP contribution in [0.1, 0.15) is 6.92 Å². The van der Waals surface area contributed by atoms with Crippen LogP contribution in [-0.2, 0) is 4.79 Å². The maximum atomic E-state index is 9.17. The number of hydrogen-bond donors (Lipinski definition) is 1. The third-order valence-corrected chi connectivity index (χ3v) is 0.249. The molecule has 0 aliphatic heterocycles. The van der Waals surface area contributed by atoms with Crippen LogP contribution in [0.5, 0.6) is 0 Å². The van der Waals surface area contributed by atoms with E-state index < -0.39 is 0 Å². The van der Waals surface area contributed by atoms with Crippen LogP contribution < -0.4 is 5.32 Å². The zero-order valence-electron chi connectivity index (χ0n) is 3.12. The summed E-state index contributed by atoms with van der Waals surface area (Å²) in [5, 5.41) is 2.31. The lowest BCUT2D eigenvalue weighted by Gasteiger charge is -1.76. The minimum absolute atomic E-state index is 0.670. The van der Waals surface area contributed by atoms with E-state index >= 15 is 0 Å². The molecule has 0 aromatic heterocycles. The molecule has 29 valence electrons. The summed E-state index contributed by atoms with van der Waals surface area (Å²) in [6.07, 6.45) is 1.52. The molecular formula is C3H6NO. The lowest BCUT2D eigenvalue weighted by atomic mass is 10.8. The highest BCUT2D eigenvalue weighted by atomic mass is 16.1. The lowest BCUT2D eigenvalue weighted by Crippen LogP contribution is -2.07. The number of nitrogens with one attached hydrogen (secondary N) is 1. The van der Waals surface area contributed by atoms with Crippen molar-refractivity contribution in [3.63, 3.8) is 0 Å². The third-order valence-electron chi connectivity index (χ3n) is 0.249. The molecule has 2 heteroatoms. The third kappa shape index (κ3) is 3.47. The minimum Gasteiger partial charge on any atom is -0.348 e. The van der Waals surface area contributed by atoms with E-state index in [-0.39, 0.29) is 0 Å². The van der Waals surface area contributed by atoms with Crippen molar-refractivity contribution >= 4 is 6.41 Å². The quantitative estimate of drug-likeness (QED) is 0.444. The zero-order valence-corrected chi connectivity index (χ0v) is 3.12. The summed E-state index contributed by atoms with van der Waals surface area (Å²) in [6.45, 7) is 2.51. The molecule has 0 atom stereocenters. The maximum Gasteiger partial charge on any atom is 0.309 e. The van der Waals surface area contributed by atoms with Gasteiger partial charge in [-0.05, 0) is 6.92 Å². The first-order chi connectivity index (χ1) is 2.41. The summed E-state index contributed by atoms with van der Waals surface area (Å²) in [5.74, 6) is 0. The molecule has 1 amide bonds. The Labute approximate surface area is 31.2 Å². The zero-order chi connectivity index (χ0) is 4.12. The standard InChI is InChI=1S/C3H6NO/c1-2-4-3-5/h2H2,1H3,(H,4,5). The van der Waals surface area contributed by atoms with Crippen LogP contribution >= 0.6 is 0 Å². The highest BCUT2D eigenvalue weighted by Crippen LogP contribution is 1.37. The van der Waals surface area contributed by atoms with Gasteiger partial charge >= 0.3 is 6.41 Å². The van der Waals surface area contributed by atoms with Crippen molar-refractivity contribution in [1.29, 1.82) is 0 Å². The van der Waals surface area contributed by atoms with E-state index in [1.54, 1.807) is 0 Å². The monoisotopic (exact) mass is 72.0 g/mol. The van der Waals surface area contributed by atoms with E-state index in [0.29, 0.717) is 6.54 Å². The first kappa shape index (κ1) is 4.47. The summed E-state index contributed by atoms with van der Waals surface area (Å²) < 4.78 is 0. The van der Waals surface area contributed by atoms with Gasteiger partial charge in [-0.2, -0.15) is 0 Å². The van der Waals surface area contributed by atoms with Crippen molar-refractivity contribution in [3.8, 4) is 0 Å². The van der Waals surface area contributed by atoms with Crippen LogP contribution in [0.4, 0.5) is 0 Å². The van der Waals surface area contributed by atoms with Gasteiger partial charge < -0.3 is 5.32 Å². The Kier molecular flexibility index (Phi) is 3.10. The van der Waals surface area contributed by atoms with Crippen LogP contribution in [0.2, 0.25) is 0 Å². The summed E-state index contributed by atoms with van der Waals surface area (Å²) in [7, 11) is 0. The second-order valence-electron chi connectivity index (χ2n) is 0.632. The van der Waals surface area contributed by atoms with Crippen LogP contribution in [0, 0.1) is 0 Å². The van der Waals surface area contributed by atoms with Gasteiger partial charge in [0.05, 0.1) is 0 Å². The Morgan fingerprint density at radius 1 is 2.00 bits per heavy atom. The molecule has 0 rings (SSSR count). The predicted octanol–water partition coefficient (Wildman–Crippen LogP) is -0.337. The first-order valence-electron chi connectivity index (χ1n) is 1.51. The predicted molar refractivity (Wildman–Crippen MR) is 19.4 cm³/mol. The SMILES string of the molecule is CCN[C]=O. The Hall–Kier alpha value is -0.530. The fraction of sp³-hybridized carbons (Fsp3) is 0.667. The van der Waals surface area contributed by atoms with Crippen LogP contribution in [-0.4, -0.2) is 13.0 Å². The molecule has 0 bridgehead atoms. The van der Waals surface area contributed by atoms with Gasteiger partial charge in [-0.3, -0.25) is 4.79 Å². The van der Waals surface area contributed by atoms with Crippen molar-refractivity contribution in [1.82, 2.24) is 5.32 Å². The van der Waals surface area contributed by atoms with Gasteiger partial charge in [0.15, 0.2) is 0 Å². The highest BCUT2D eigenvalue weighted by Gasteiger charge is 1.62. The number of amides is 1. The molecule has 2 nitrogen and oxygen atoms in total. The molecule has 0 unspecified atom stereocenters. The lowest BCUT2D eigenvalue weighted by molar-refractivity contribution is 0.544. The molecule has 0 spiro atoms. The van der Waals surface area contributed by atoms with Gasteiger partial charge in [-0.1, -0.05) is 0 Å². The topological polar surface area (TPSA) is 29.1 Å². The summed E-state index contributed by atoms with van der Waals surface area (Å²) >= 11 is 0. The largest absolute Gasteiger partial charge is 0.348 e. The van der Waals surface area contributed by atoms with Gasteiger partial charge in [-0.25, -0.2) is 0 Å². The average molecular weight is 72.1 g/mol. The molecule has 1 N–H and O–H groups in total. The molecule has 1 radical (unpaired) electrons. The summed E-state index contributed by atoms with van der Waals surface area (Å²) in [6, 6.07) is 0. The molecule has 0 aromatic rings. The van der Waals surface area contributed by atoms with E-state index in [1.165, 1.54) is 6.41 Å². The summed E-state index contributed by atoms with van der Waals surface area (Å²) in [5.41, 5.74) is 0. The summed E-state index contributed by atoms with van der Waals surface area (Å²) in [4.78, 5) is 9.17. The van der Waals surface area contributed by atoms with Crippen molar-refractivity contribution in [2.45, 2.75) is 6.92 Å². The Bertz CT molecular complexity index is 28.1. The van der Waals surface area contributed by atoms with Crippen LogP contribution in [0.25, 0.3) is 0 Å². The number of hydrogen-bond acceptors (Lipinski definition) is 1. The van der Waals surface area contributed by atoms with Crippen LogP contribution in [0.3, 0.4) is 0 Å². The van der Waals surface area contributed by atoms with E-state index in [0.717, 1.165) is 0 Å². The van der Waals surface area contributed by atoms with E-state index in [1.807, 2.05) is 6.92 Å². The second-order valence-corrected chi connectivity index (χ2v) is 0.632. The Balaban J connectivity index is 2.40. The van der Waals surface area contributed by atoms with Crippen molar-refractivity contribution in [2.75, 3.05) is 6.54 Å². The average Bonchev–Trinajstić information content (AvgIpc) is 1.41.